The van der Waals surface area contributed by atoms with Crippen LogP contribution >= 0.6 is 0 Å². The molecule has 0 atom stereocenters. The molecule has 0 aromatic carbocycles. The molecule has 1 heterocycles. The third kappa shape index (κ3) is 3.34. The molecule has 0 bridgehead atoms. The Balaban J connectivity index is 2.46. The lowest BCUT2D eigenvalue weighted by molar-refractivity contribution is -0.128. The molecule has 15 heavy (non-hydrogen) atoms. The molecule has 86 valence electrons. The number of carbonyl (C=O) groups excluding carboxylic acids is 1. The molecular formula is C12H22N2O. The summed E-state index contributed by atoms with van der Waals surface area (Å²) in [6.45, 7) is 11.0. The van der Waals surface area contributed by atoms with Gasteiger partial charge in [0.25, 0.3) is 0 Å². The van der Waals surface area contributed by atoms with Crippen LogP contribution in [0.25, 0.3) is 0 Å². The number of amides is 1. The lowest BCUT2D eigenvalue weighted by Gasteiger charge is -2.34. The van der Waals surface area contributed by atoms with Gasteiger partial charge in [-0.1, -0.05) is 19.9 Å². The first-order valence-corrected chi connectivity index (χ1v) is 5.87. The number of allylic oxidation sites excluding steroid dienone is 1. The van der Waals surface area contributed by atoms with Crippen LogP contribution in [0.5, 0.6) is 0 Å². The molecule has 0 unspecified atom stereocenters. The predicted molar refractivity (Wildman–Crippen MR) is 62.7 cm³/mol. The molecule has 0 N–H and O–H groups in total. The summed E-state index contributed by atoms with van der Waals surface area (Å²) in [5, 5.41) is 0. The van der Waals surface area contributed by atoms with Crippen molar-refractivity contribution in [2.24, 2.45) is 0 Å². The van der Waals surface area contributed by atoms with Gasteiger partial charge in [0.2, 0.25) is 5.91 Å². The van der Waals surface area contributed by atoms with Crippen molar-refractivity contribution in [2.75, 3.05) is 32.7 Å². The number of hydrogen-bond acceptors (Lipinski definition) is 2. The zero-order valence-corrected chi connectivity index (χ0v) is 10.1. The predicted octanol–water partition coefficient (Wildman–Crippen LogP) is 1.51. The van der Waals surface area contributed by atoms with Crippen LogP contribution in [0.4, 0.5) is 0 Å². The van der Waals surface area contributed by atoms with Crippen molar-refractivity contribution >= 4 is 5.91 Å². The average molecular weight is 210 g/mol. The lowest BCUT2D eigenvalue weighted by atomic mass is 10.2. The van der Waals surface area contributed by atoms with Crippen LogP contribution in [0.1, 0.15) is 27.2 Å². The fraction of sp³-hybridized carbons (Fsp3) is 0.750. The molecule has 1 saturated heterocycles. The van der Waals surface area contributed by atoms with E-state index in [9.17, 15) is 4.79 Å². The van der Waals surface area contributed by atoms with Crippen LogP contribution in [0.15, 0.2) is 11.6 Å². The van der Waals surface area contributed by atoms with E-state index in [4.69, 9.17) is 0 Å². The van der Waals surface area contributed by atoms with Crippen molar-refractivity contribution in [3.63, 3.8) is 0 Å². The normalized spacial score (nSPS) is 19.4. The topological polar surface area (TPSA) is 23.6 Å². The maximum absolute atomic E-state index is 11.9. The highest BCUT2D eigenvalue weighted by Crippen LogP contribution is 2.07. The van der Waals surface area contributed by atoms with Crippen molar-refractivity contribution in [1.29, 1.82) is 0 Å². The summed E-state index contributed by atoms with van der Waals surface area (Å²) < 4.78 is 0. The van der Waals surface area contributed by atoms with Gasteiger partial charge in [0.15, 0.2) is 0 Å². The number of likely N-dealkylation sites (N-methyl/N-ethyl adjacent to an activating group) is 1. The molecule has 1 amide bonds. The summed E-state index contributed by atoms with van der Waals surface area (Å²) in [5.74, 6) is 0.215. The summed E-state index contributed by atoms with van der Waals surface area (Å²) in [7, 11) is 0. The van der Waals surface area contributed by atoms with Crippen molar-refractivity contribution < 1.29 is 4.79 Å². The fourth-order valence-electron chi connectivity index (χ4n) is 1.91. The van der Waals surface area contributed by atoms with Crippen molar-refractivity contribution in [2.45, 2.75) is 27.2 Å². The Morgan fingerprint density at radius 1 is 1.20 bits per heavy atom. The number of rotatable bonds is 3. The van der Waals surface area contributed by atoms with E-state index in [2.05, 4.69) is 18.7 Å². The zero-order valence-electron chi connectivity index (χ0n) is 10.1. The van der Waals surface area contributed by atoms with Crippen molar-refractivity contribution in [3.8, 4) is 0 Å². The quantitative estimate of drug-likeness (QED) is 0.659. The summed E-state index contributed by atoms with van der Waals surface area (Å²) in [4.78, 5) is 16.3. The molecule has 1 rings (SSSR count). The van der Waals surface area contributed by atoms with E-state index in [1.54, 1.807) is 0 Å². The van der Waals surface area contributed by atoms with Crippen LogP contribution in [-0.4, -0.2) is 48.4 Å². The van der Waals surface area contributed by atoms with Crippen molar-refractivity contribution in [3.05, 3.63) is 11.6 Å². The molecule has 0 saturated carbocycles. The second-order valence-electron chi connectivity index (χ2n) is 4.02. The van der Waals surface area contributed by atoms with Gasteiger partial charge in [0.05, 0.1) is 0 Å². The van der Waals surface area contributed by atoms with E-state index in [0.29, 0.717) is 0 Å². The van der Waals surface area contributed by atoms with E-state index in [0.717, 1.165) is 44.7 Å². The monoisotopic (exact) mass is 210 g/mol. The maximum atomic E-state index is 11.9. The minimum Gasteiger partial charge on any atom is -0.336 e. The SMILES string of the molecule is CCC=C(C)C(=O)N1CCN(CC)CC1. The fourth-order valence-corrected chi connectivity index (χ4v) is 1.91. The third-order valence-electron chi connectivity index (χ3n) is 2.95. The molecule has 1 fully saturated rings. The Kier molecular flexibility index (Phi) is 4.82. The minimum atomic E-state index is 0.215. The van der Waals surface area contributed by atoms with Crippen LogP contribution in [0, 0.1) is 0 Å². The van der Waals surface area contributed by atoms with E-state index >= 15 is 0 Å². The number of piperazine rings is 1. The minimum absolute atomic E-state index is 0.215. The first-order chi connectivity index (χ1) is 7.19. The molecule has 0 aromatic heterocycles. The standard InChI is InChI=1S/C12H22N2O/c1-4-6-11(3)12(15)14-9-7-13(5-2)8-10-14/h6H,4-5,7-10H2,1-3H3. The van der Waals surface area contributed by atoms with Gasteiger partial charge in [-0.05, 0) is 19.9 Å². The molecule has 1 aliphatic rings. The summed E-state index contributed by atoms with van der Waals surface area (Å²) >= 11 is 0. The van der Waals surface area contributed by atoms with Gasteiger partial charge in [-0.3, -0.25) is 4.79 Å². The van der Waals surface area contributed by atoms with E-state index in [-0.39, 0.29) is 5.91 Å². The molecule has 1 aliphatic heterocycles. The summed E-state index contributed by atoms with van der Waals surface area (Å²) in [5.41, 5.74) is 0.891. The van der Waals surface area contributed by atoms with E-state index in [1.165, 1.54) is 0 Å². The molecule has 3 heteroatoms. The lowest BCUT2D eigenvalue weighted by Crippen LogP contribution is -2.48. The number of hydrogen-bond donors (Lipinski definition) is 0. The van der Waals surface area contributed by atoms with Gasteiger partial charge in [-0.2, -0.15) is 0 Å². The Morgan fingerprint density at radius 2 is 1.80 bits per heavy atom. The maximum Gasteiger partial charge on any atom is 0.249 e. The smallest absolute Gasteiger partial charge is 0.249 e. The molecule has 0 aliphatic carbocycles. The van der Waals surface area contributed by atoms with E-state index in [1.807, 2.05) is 17.9 Å². The number of nitrogens with zero attached hydrogens (tertiary/aromatic N) is 2. The zero-order chi connectivity index (χ0) is 11.3. The van der Waals surface area contributed by atoms with Crippen LogP contribution < -0.4 is 0 Å². The Morgan fingerprint density at radius 3 is 2.27 bits per heavy atom. The third-order valence-corrected chi connectivity index (χ3v) is 2.95. The van der Waals surface area contributed by atoms with Crippen molar-refractivity contribution in [1.82, 2.24) is 9.80 Å². The molecule has 0 aromatic rings. The highest BCUT2D eigenvalue weighted by molar-refractivity contribution is 5.92. The van der Waals surface area contributed by atoms with Crippen LogP contribution in [-0.2, 0) is 4.79 Å². The van der Waals surface area contributed by atoms with Gasteiger partial charge in [0.1, 0.15) is 0 Å². The largest absolute Gasteiger partial charge is 0.336 e. The van der Waals surface area contributed by atoms with Gasteiger partial charge >= 0.3 is 0 Å². The Bertz CT molecular complexity index is 240. The Hall–Kier alpha value is -0.830. The first kappa shape index (κ1) is 12.2. The van der Waals surface area contributed by atoms with E-state index < -0.39 is 0 Å². The van der Waals surface area contributed by atoms with Gasteiger partial charge in [-0.25, -0.2) is 0 Å². The number of carbonyl (C=O) groups is 1. The molecule has 3 nitrogen and oxygen atoms in total. The van der Waals surface area contributed by atoms with Gasteiger partial charge < -0.3 is 9.80 Å². The highest BCUT2D eigenvalue weighted by Gasteiger charge is 2.20. The molecule has 0 radical (unpaired) electrons. The van der Waals surface area contributed by atoms with Gasteiger partial charge in [0, 0.05) is 31.8 Å². The summed E-state index contributed by atoms with van der Waals surface area (Å²) in [6.07, 6.45) is 2.95. The molecular weight excluding hydrogens is 188 g/mol. The average Bonchev–Trinajstić information content (AvgIpc) is 2.28. The van der Waals surface area contributed by atoms with Crippen LogP contribution in [0.2, 0.25) is 0 Å². The second kappa shape index (κ2) is 5.91. The highest BCUT2D eigenvalue weighted by atomic mass is 16.2. The summed E-state index contributed by atoms with van der Waals surface area (Å²) in [6, 6.07) is 0. The molecule has 0 spiro atoms. The second-order valence-corrected chi connectivity index (χ2v) is 4.02. The Labute approximate surface area is 92.7 Å². The van der Waals surface area contributed by atoms with Gasteiger partial charge in [-0.15, -0.1) is 0 Å². The first-order valence-electron chi connectivity index (χ1n) is 5.87. The van der Waals surface area contributed by atoms with Crippen LogP contribution in [0.3, 0.4) is 0 Å².